The summed E-state index contributed by atoms with van der Waals surface area (Å²) in [4.78, 5) is 12.2. The van der Waals surface area contributed by atoms with Crippen molar-refractivity contribution in [2.75, 3.05) is 10.6 Å². The van der Waals surface area contributed by atoms with E-state index in [0.29, 0.717) is 16.4 Å². The molecule has 1 atom stereocenters. The van der Waals surface area contributed by atoms with Crippen molar-refractivity contribution in [2.24, 2.45) is 0 Å². The Bertz CT molecular complexity index is 990. The van der Waals surface area contributed by atoms with E-state index in [1.807, 2.05) is 6.92 Å². The van der Waals surface area contributed by atoms with Crippen LogP contribution in [0, 0.1) is 11.6 Å². The average Bonchev–Trinajstić information content (AvgIpc) is 2.70. The van der Waals surface area contributed by atoms with Gasteiger partial charge in [-0.05, 0) is 85.4 Å². The van der Waals surface area contributed by atoms with Crippen molar-refractivity contribution < 1.29 is 13.6 Å². The van der Waals surface area contributed by atoms with Crippen LogP contribution in [0.1, 0.15) is 28.9 Å². The van der Waals surface area contributed by atoms with Crippen LogP contribution in [-0.4, -0.2) is 11.0 Å². The van der Waals surface area contributed by atoms with Crippen LogP contribution in [0.4, 0.5) is 20.2 Å². The van der Waals surface area contributed by atoms with E-state index in [1.165, 1.54) is 36.4 Å². The first-order chi connectivity index (χ1) is 13.9. The van der Waals surface area contributed by atoms with Gasteiger partial charge in [0, 0.05) is 16.9 Å². The van der Waals surface area contributed by atoms with Gasteiger partial charge in [-0.3, -0.25) is 4.79 Å². The maximum absolute atomic E-state index is 13.0. The largest absolute Gasteiger partial charge is 0.356 e. The first-order valence-corrected chi connectivity index (χ1v) is 9.31. The van der Waals surface area contributed by atoms with Gasteiger partial charge in [-0.1, -0.05) is 12.1 Å². The molecule has 3 aromatic carbocycles. The zero-order chi connectivity index (χ0) is 20.8. The molecule has 3 rings (SSSR count). The number of benzene rings is 3. The number of rotatable bonds is 5. The third-order valence-corrected chi connectivity index (χ3v) is 4.44. The molecule has 148 valence electrons. The van der Waals surface area contributed by atoms with Gasteiger partial charge >= 0.3 is 0 Å². The smallest absolute Gasteiger partial charge is 0.255 e. The highest BCUT2D eigenvalue weighted by Gasteiger charge is 2.09. The third kappa shape index (κ3) is 5.83. The van der Waals surface area contributed by atoms with E-state index in [2.05, 4.69) is 16.0 Å². The number of hydrogen-bond donors (Lipinski definition) is 3. The molecule has 0 radical (unpaired) electrons. The second-order valence-corrected chi connectivity index (χ2v) is 6.82. The maximum Gasteiger partial charge on any atom is 0.255 e. The van der Waals surface area contributed by atoms with Crippen LogP contribution in [-0.2, 0) is 0 Å². The molecule has 0 aliphatic heterocycles. The summed E-state index contributed by atoms with van der Waals surface area (Å²) >= 11 is 5.32. The normalized spacial score (nSPS) is 11.4. The minimum absolute atomic E-state index is 0.0927. The Morgan fingerprint density at radius 2 is 1.28 bits per heavy atom. The van der Waals surface area contributed by atoms with Crippen LogP contribution in [0.15, 0.2) is 72.8 Å². The lowest BCUT2D eigenvalue weighted by molar-refractivity contribution is 0.102. The van der Waals surface area contributed by atoms with Crippen molar-refractivity contribution >= 4 is 34.6 Å². The van der Waals surface area contributed by atoms with Gasteiger partial charge in [0.15, 0.2) is 5.11 Å². The first-order valence-electron chi connectivity index (χ1n) is 8.91. The van der Waals surface area contributed by atoms with E-state index in [0.717, 1.165) is 11.3 Å². The van der Waals surface area contributed by atoms with Gasteiger partial charge < -0.3 is 16.0 Å². The Morgan fingerprint density at radius 3 is 1.83 bits per heavy atom. The fraction of sp³-hybridized carbons (Fsp3) is 0.0909. The molecule has 4 nitrogen and oxygen atoms in total. The quantitative estimate of drug-likeness (QED) is 0.501. The van der Waals surface area contributed by atoms with Gasteiger partial charge in [-0.25, -0.2) is 8.78 Å². The molecule has 0 unspecified atom stereocenters. The van der Waals surface area contributed by atoms with Gasteiger partial charge in [0.2, 0.25) is 0 Å². The van der Waals surface area contributed by atoms with Crippen molar-refractivity contribution in [1.29, 1.82) is 0 Å². The number of amides is 1. The molecule has 0 bridgehead atoms. The zero-order valence-corrected chi connectivity index (χ0v) is 16.4. The highest BCUT2D eigenvalue weighted by molar-refractivity contribution is 7.80. The van der Waals surface area contributed by atoms with Crippen molar-refractivity contribution in [1.82, 2.24) is 5.32 Å². The maximum atomic E-state index is 13.0. The van der Waals surface area contributed by atoms with E-state index >= 15 is 0 Å². The summed E-state index contributed by atoms with van der Waals surface area (Å²) < 4.78 is 26.0. The molecule has 0 aliphatic carbocycles. The fourth-order valence-electron chi connectivity index (χ4n) is 2.64. The third-order valence-electron chi connectivity index (χ3n) is 4.22. The van der Waals surface area contributed by atoms with Crippen molar-refractivity contribution in [2.45, 2.75) is 13.0 Å². The molecule has 0 spiro atoms. The Balaban J connectivity index is 1.54. The van der Waals surface area contributed by atoms with E-state index in [4.69, 9.17) is 12.2 Å². The minimum atomic E-state index is -0.393. The Morgan fingerprint density at radius 1 is 0.793 bits per heavy atom. The van der Waals surface area contributed by atoms with Crippen LogP contribution in [0.25, 0.3) is 0 Å². The van der Waals surface area contributed by atoms with Crippen LogP contribution < -0.4 is 16.0 Å². The van der Waals surface area contributed by atoms with E-state index in [-0.39, 0.29) is 17.8 Å². The molecular weight excluding hydrogens is 392 g/mol. The number of carbonyl (C=O) groups excluding carboxylic acids is 1. The molecule has 3 N–H and O–H groups in total. The van der Waals surface area contributed by atoms with Gasteiger partial charge in [0.05, 0.1) is 6.04 Å². The van der Waals surface area contributed by atoms with Gasteiger partial charge in [-0.2, -0.15) is 0 Å². The monoisotopic (exact) mass is 411 g/mol. The van der Waals surface area contributed by atoms with Crippen molar-refractivity contribution in [3.63, 3.8) is 0 Å². The van der Waals surface area contributed by atoms with Crippen LogP contribution in [0.5, 0.6) is 0 Å². The molecule has 1 amide bonds. The summed E-state index contributed by atoms with van der Waals surface area (Å²) in [5, 5.41) is 9.37. The Kier molecular flexibility index (Phi) is 6.51. The number of carbonyl (C=O) groups is 1. The molecule has 0 saturated carbocycles. The second kappa shape index (κ2) is 9.25. The van der Waals surface area contributed by atoms with Crippen LogP contribution in [0.3, 0.4) is 0 Å². The highest BCUT2D eigenvalue weighted by atomic mass is 32.1. The predicted molar refractivity (Wildman–Crippen MR) is 115 cm³/mol. The predicted octanol–water partition coefficient (Wildman–Crippen LogP) is 5.26. The molecule has 0 aliphatic rings. The van der Waals surface area contributed by atoms with Gasteiger partial charge in [0.1, 0.15) is 11.6 Å². The molecule has 3 aromatic rings. The summed E-state index contributed by atoms with van der Waals surface area (Å²) in [6, 6.07) is 18.5. The first kappa shape index (κ1) is 20.4. The summed E-state index contributed by atoms with van der Waals surface area (Å²) in [6.45, 7) is 1.93. The van der Waals surface area contributed by atoms with E-state index in [1.54, 1.807) is 36.4 Å². The van der Waals surface area contributed by atoms with E-state index in [9.17, 15) is 13.6 Å². The Hall–Kier alpha value is -3.32. The molecule has 0 saturated heterocycles. The number of hydrogen-bond acceptors (Lipinski definition) is 2. The van der Waals surface area contributed by atoms with Crippen molar-refractivity contribution in [3.8, 4) is 0 Å². The lowest BCUT2D eigenvalue weighted by Gasteiger charge is -2.17. The number of thiocarbonyl (C=S) groups is 1. The zero-order valence-electron chi connectivity index (χ0n) is 15.6. The van der Waals surface area contributed by atoms with Crippen LogP contribution in [0.2, 0.25) is 0 Å². The molecule has 0 aromatic heterocycles. The summed E-state index contributed by atoms with van der Waals surface area (Å²) in [7, 11) is 0. The SMILES string of the molecule is C[C@H](NC(=S)Nc1ccc(NC(=O)c2ccc(F)cc2)cc1)c1ccc(F)cc1. The van der Waals surface area contributed by atoms with Gasteiger partial charge in [-0.15, -0.1) is 0 Å². The summed E-state index contributed by atoms with van der Waals surface area (Å²) in [5.74, 6) is -1.00. The highest BCUT2D eigenvalue weighted by Crippen LogP contribution is 2.16. The van der Waals surface area contributed by atoms with Crippen molar-refractivity contribution in [3.05, 3.63) is 95.6 Å². The standard InChI is InChI=1S/C22H19F2N3OS/c1-14(15-2-6-17(23)7-3-15)25-22(29)27-20-12-10-19(11-13-20)26-21(28)16-4-8-18(24)9-5-16/h2-14H,1H3,(H,26,28)(H2,25,27,29)/t14-/m0/s1. The Labute approximate surface area is 173 Å². The number of anilines is 2. The topological polar surface area (TPSA) is 53.2 Å². The summed E-state index contributed by atoms with van der Waals surface area (Å²) in [5.41, 5.74) is 2.63. The minimum Gasteiger partial charge on any atom is -0.356 e. The molecule has 29 heavy (non-hydrogen) atoms. The van der Waals surface area contributed by atoms with Gasteiger partial charge in [0.25, 0.3) is 5.91 Å². The number of halogens is 2. The van der Waals surface area contributed by atoms with E-state index < -0.39 is 5.82 Å². The number of nitrogens with one attached hydrogen (secondary N) is 3. The second-order valence-electron chi connectivity index (χ2n) is 6.41. The lowest BCUT2D eigenvalue weighted by atomic mass is 10.1. The lowest BCUT2D eigenvalue weighted by Crippen LogP contribution is -2.30. The molecule has 7 heteroatoms. The fourth-order valence-corrected chi connectivity index (χ4v) is 2.93. The summed E-state index contributed by atoms with van der Waals surface area (Å²) in [6.07, 6.45) is 0. The molecule has 0 heterocycles. The molecule has 0 fully saturated rings. The molecular formula is C22H19F2N3OS. The van der Waals surface area contributed by atoms with Crippen LogP contribution >= 0.6 is 12.2 Å². The average molecular weight is 411 g/mol.